The molecular weight excluding hydrogens is 503 g/mol. The third kappa shape index (κ3) is 6.95. The molecular formula is C20H35IN4OS2. The lowest BCUT2D eigenvalue weighted by atomic mass is 9.95. The number of thiophene rings is 1. The average Bonchev–Trinajstić information content (AvgIpc) is 3.15. The predicted octanol–water partition coefficient (Wildman–Crippen LogP) is 3.36. The van der Waals surface area contributed by atoms with Gasteiger partial charge in [0.25, 0.3) is 0 Å². The molecule has 2 N–H and O–H groups in total. The minimum absolute atomic E-state index is 0. The van der Waals surface area contributed by atoms with Crippen LogP contribution >= 0.6 is 35.3 Å². The van der Waals surface area contributed by atoms with E-state index < -0.39 is 10.8 Å². The van der Waals surface area contributed by atoms with Gasteiger partial charge in [-0.1, -0.05) is 13.3 Å². The Kier molecular flexibility index (Phi) is 10.7. The van der Waals surface area contributed by atoms with Gasteiger partial charge in [-0.05, 0) is 49.6 Å². The smallest absolute Gasteiger partial charge is 0.191 e. The van der Waals surface area contributed by atoms with E-state index in [1.807, 2.05) is 18.3 Å². The molecule has 5 nitrogen and oxygen atoms in total. The second kappa shape index (κ2) is 12.5. The first-order valence-corrected chi connectivity index (χ1v) is 12.6. The minimum atomic E-state index is -0.682. The van der Waals surface area contributed by atoms with Crippen LogP contribution in [0.1, 0.15) is 50.0 Å². The third-order valence-corrected chi connectivity index (χ3v) is 8.30. The lowest BCUT2D eigenvalue weighted by Crippen LogP contribution is -2.47. The number of nitrogens with zero attached hydrogens (tertiary/aromatic N) is 2. The number of fused-ring (bicyclic) bond motifs is 1. The van der Waals surface area contributed by atoms with Crippen molar-refractivity contribution in [2.24, 2.45) is 4.99 Å². The van der Waals surface area contributed by atoms with Crippen LogP contribution in [0.25, 0.3) is 0 Å². The fraction of sp³-hybridized carbons (Fsp3) is 0.750. The molecule has 3 rings (SSSR count). The van der Waals surface area contributed by atoms with E-state index in [1.165, 1.54) is 12.0 Å². The first-order chi connectivity index (χ1) is 13.2. The normalized spacial score (nSPS) is 24.1. The molecule has 1 fully saturated rings. The zero-order chi connectivity index (χ0) is 19.1. The average molecular weight is 539 g/mol. The summed E-state index contributed by atoms with van der Waals surface area (Å²) in [5, 5.41) is 9.54. The van der Waals surface area contributed by atoms with E-state index in [0.29, 0.717) is 11.3 Å². The summed E-state index contributed by atoms with van der Waals surface area (Å²) < 4.78 is 12.2. The van der Waals surface area contributed by atoms with Crippen molar-refractivity contribution in [2.75, 3.05) is 31.9 Å². The van der Waals surface area contributed by atoms with Gasteiger partial charge in [0.1, 0.15) is 0 Å². The van der Waals surface area contributed by atoms with Gasteiger partial charge in [0.05, 0.1) is 6.54 Å². The molecule has 28 heavy (non-hydrogen) atoms. The number of hydrogen-bond donors (Lipinski definition) is 2. The molecule has 0 aromatic carbocycles. The first-order valence-electron chi connectivity index (χ1n) is 10.4. The Balaban J connectivity index is 0.00000280. The molecule has 0 radical (unpaired) electrons. The highest BCUT2D eigenvalue weighted by Crippen LogP contribution is 2.24. The SMILES string of the molecule is CCNC(=NCCN1CCc2sccc2C1)NC1CCCC(S(=O)CC)C1.I. The van der Waals surface area contributed by atoms with E-state index in [2.05, 4.69) is 33.9 Å². The van der Waals surface area contributed by atoms with Crippen LogP contribution in [0.4, 0.5) is 0 Å². The Morgan fingerprint density at radius 3 is 3.04 bits per heavy atom. The monoisotopic (exact) mass is 538 g/mol. The molecule has 3 atom stereocenters. The van der Waals surface area contributed by atoms with Gasteiger partial charge in [-0.15, -0.1) is 35.3 Å². The maximum atomic E-state index is 12.2. The lowest BCUT2D eigenvalue weighted by Gasteiger charge is -2.30. The van der Waals surface area contributed by atoms with Gasteiger partial charge in [0, 0.05) is 58.9 Å². The Morgan fingerprint density at radius 1 is 1.39 bits per heavy atom. The molecule has 0 saturated heterocycles. The fourth-order valence-electron chi connectivity index (χ4n) is 4.06. The summed E-state index contributed by atoms with van der Waals surface area (Å²) in [6.45, 7) is 9.01. The van der Waals surface area contributed by atoms with E-state index in [1.54, 1.807) is 4.88 Å². The first kappa shape index (κ1) is 24.1. The van der Waals surface area contributed by atoms with Crippen molar-refractivity contribution in [3.63, 3.8) is 0 Å². The summed E-state index contributed by atoms with van der Waals surface area (Å²) in [4.78, 5) is 8.87. The molecule has 2 aliphatic rings. The van der Waals surface area contributed by atoms with Gasteiger partial charge < -0.3 is 10.6 Å². The van der Waals surface area contributed by atoms with Crippen molar-refractivity contribution in [1.82, 2.24) is 15.5 Å². The van der Waals surface area contributed by atoms with Crippen LogP contribution in [0.3, 0.4) is 0 Å². The molecule has 3 unspecified atom stereocenters. The molecule has 1 aromatic heterocycles. The highest BCUT2D eigenvalue weighted by Gasteiger charge is 2.26. The molecule has 0 spiro atoms. The number of guanidine groups is 1. The standard InChI is InChI=1S/C20H34N4OS2.HI/c1-3-21-20(23-17-6-5-7-18(14-17)27(25)4-2)22-10-12-24-11-8-19-16(15-24)9-13-26-19;/h9,13,17-18H,3-8,10-12,14-15H2,1-2H3,(H2,21,22,23);1H. The lowest BCUT2D eigenvalue weighted by molar-refractivity contribution is 0.263. The van der Waals surface area contributed by atoms with E-state index in [-0.39, 0.29) is 24.0 Å². The summed E-state index contributed by atoms with van der Waals surface area (Å²) >= 11 is 1.89. The molecule has 0 amide bonds. The molecule has 1 saturated carbocycles. The second-order valence-corrected chi connectivity index (χ2v) is 10.5. The molecule has 1 aliphatic carbocycles. The quantitative estimate of drug-likeness (QED) is 0.318. The molecule has 1 aliphatic heterocycles. The van der Waals surface area contributed by atoms with E-state index in [9.17, 15) is 4.21 Å². The van der Waals surface area contributed by atoms with Crippen molar-refractivity contribution in [1.29, 1.82) is 0 Å². The zero-order valence-electron chi connectivity index (χ0n) is 17.1. The summed E-state index contributed by atoms with van der Waals surface area (Å²) in [5.41, 5.74) is 1.50. The Bertz CT molecular complexity index is 652. The molecule has 8 heteroatoms. The van der Waals surface area contributed by atoms with Gasteiger partial charge in [0.2, 0.25) is 0 Å². The molecule has 2 heterocycles. The van der Waals surface area contributed by atoms with Gasteiger partial charge in [-0.2, -0.15) is 0 Å². The van der Waals surface area contributed by atoms with Crippen LogP contribution in [0, 0.1) is 0 Å². The van der Waals surface area contributed by atoms with Crippen LogP contribution in [0.15, 0.2) is 16.4 Å². The third-order valence-electron chi connectivity index (χ3n) is 5.54. The van der Waals surface area contributed by atoms with Gasteiger partial charge in [-0.3, -0.25) is 14.1 Å². The van der Waals surface area contributed by atoms with Gasteiger partial charge in [-0.25, -0.2) is 0 Å². The predicted molar refractivity (Wildman–Crippen MR) is 133 cm³/mol. The van der Waals surface area contributed by atoms with Crippen molar-refractivity contribution >= 4 is 52.1 Å². The Morgan fingerprint density at radius 2 is 2.25 bits per heavy atom. The zero-order valence-corrected chi connectivity index (χ0v) is 21.1. The molecule has 1 aromatic rings. The van der Waals surface area contributed by atoms with Crippen molar-refractivity contribution in [3.8, 4) is 0 Å². The van der Waals surface area contributed by atoms with Gasteiger partial charge >= 0.3 is 0 Å². The number of rotatable bonds is 7. The summed E-state index contributed by atoms with van der Waals surface area (Å²) in [7, 11) is -0.682. The summed E-state index contributed by atoms with van der Waals surface area (Å²) in [5.74, 6) is 1.69. The highest BCUT2D eigenvalue weighted by molar-refractivity contribution is 14.0. The van der Waals surface area contributed by atoms with E-state index in [4.69, 9.17) is 4.99 Å². The van der Waals surface area contributed by atoms with Crippen LogP contribution in [0.2, 0.25) is 0 Å². The number of hydrogen-bond acceptors (Lipinski definition) is 4. The Hall–Kier alpha value is -0.190. The number of halogens is 1. The summed E-state index contributed by atoms with van der Waals surface area (Å²) in [6, 6.07) is 2.65. The molecule has 160 valence electrons. The van der Waals surface area contributed by atoms with Crippen LogP contribution in [-0.2, 0) is 23.8 Å². The van der Waals surface area contributed by atoms with Crippen LogP contribution < -0.4 is 10.6 Å². The minimum Gasteiger partial charge on any atom is -0.357 e. The number of nitrogens with one attached hydrogen (secondary N) is 2. The van der Waals surface area contributed by atoms with E-state index >= 15 is 0 Å². The van der Waals surface area contributed by atoms with Crippen molar-refractivity contribution in [3.05, 3.63) is 21.9 Å². The Labute approximate surface area is 193 Å². The van der Waals surface area contributed by atoms with Gasteiger partial charge in [0.15, 0.2) is 5.96 Å². The fourth-order valence-corrected chi connectivity index (χ4v) is 6.30. The highest BCUT2D eigenvalue weighted by atomic mass is 127. The topological polar surface area (TPSA) is 56.7 Å². The largest absolute Gasteiger partial charge is 0.357 e. The summed E-state index contributed by atoms with van der Waals surface area (Å²) in [6.07, 6.45) is 5.58. The number of aliphatic imine (C=N–C) groups is 1. The van der Waals surface area contributed by atoms with Crippen LogP contribution in [0.5, 0.6) is 0 Å². The second-order valence-electron chi connectivity index (χ2n) is 7.46. The maximum absolute atomic E-state index is 12.2. The van der Waals surface area contributed by atoms with E-state index in [0.717, 1.165) is 70.1 Å². The van der Waals surface area contributed by atoms with Crippen molar-refractivity contribution in [2.45, 2.75) is 63.8 Å². The van der Waals surface area contributed by atoms with Crippen LogP contribution in [-0.4, -0.2) is 58.3 Å². The molecule has 0 bridgehead atoms. The van der Waals surface area contributed by atoms with Crippen molar-refractivity contribution < 1.29 is 4.21 Å². The maximum Gasteiger partial charge on any atom is 0.191 e.